The number of hydrogen-bond acceptors (Lipinski definition) is 4. The highest BCUT2D eigenvalue weighted by atomic mass is 32.2. The predicted molar refractivity (Wildman–Crippen MR) is 90.3 cm³/mol. The van der Waals surface area contributed by atoms with Crippen LogP contribution in [-0.4, -0.2) is 9.55 Å². The molecule has 0 N–H and O–H groups in total. The lowest BCUT2D eigenvalue weighted by Gasteiger charge is -2.09. The molecule has 0 bridgehead atoms. The van der Waals surface area contributed by atoms with Crippen LogP contribution in [0.3, 0.4) is 0 Å². The van der Waals surface area contributed by atoms with Crippen LogP contribution in [0.4, 0.5) is 0 Å². The van der Waals surface area contributed by atoms with Gasteiger partial charge >= 0.3 is 0 Å². The summed E-state index contributed by atoms with van der Waals surface area (Å²) < 4.78 is 2.51. The molecule has 5 heteroatoms. The van der Waals surface area contributed by atoms with E-state index in [2.05, 4.69) is 36.2 Å². The molecular formula is C16H16N2OS2. The van der Waals surface area contributed by atoms with Crippen molar-refractivity contribution >= 4 is 33.3 Å². The van der Waals surface area contributed by atoms with Crippen LogP contribution in [0.5, 0.6) is 0 Å². The van der Waals surface area contributed by atoms with Gasteiger partial charge in [0.2, 0.25) is 0 Å². The number of rotatable bonds is 4. The van der Waals surface area contributed by atoms with E-state index in [0.717, 1.165) is 21.1 Å². The third-order valence-corrected chi connectivity index (χ3v) is 5.27. The van der Waals surface area contributed by atoms with Gasteiger partial charge in [0, 0.05) is 12.3 Å². The van der Waals surface area contributed by atoms with Crippen LogP contribution in [0, 0.1) is 6.92 Å². The van der Waals surface area contributed by atoms with Gasteiger partial charge in [-0.2, -0.15) is 0 Å². The molecule has 1 aromatic carbocycles. The Hall–Kier alpha value is -1.59. The normalized spacial score (nSPS) is 11.1. The molecule has 0 fully saturated rings. The number of hydrogen-bond donors (Lipinski definition) is 0. The molecule has 0 amide bonds. The number of nitrogens with zero attached hydrogens (tertiary/aromatic N) is 2. The molecule has 2 heterocycles. The smallest absolute Gasteiger partial charge is 0.272 e. The monoisotopic (exact) mass is 316 g/mol. The van der Waals surface area contributed by atoms with Crippen molar-refractivity contribution in [1.29, 1.82) is 0 Å². The SMILES string of the molecule is CCn1c(SCc2ccc(C)cc2)nc2ccsc2c1=O. The quantitative estimate of drug-likeness (QED) is 0.537. The largest absolute Gasteiger partial charge is 0.287 e. The minimum Gasteiger partial charge on any atom is -0.287 e. The summed E-state index contributed by atoms with van der Waals surface area (Å²) in [5.41, 5.74) is 3.38. The molecule has 3 rings (SSSR count). The topological polar surface area (TPSA) is 34.9 Å². The zero-order valence-electron chi connectivity index (χ0n) is 12.0. The van der Waals surface area contributed by atoms with Gasteiger partial charge in [-0.3, -0.25) is 9.36 Å². The van der Waals surface area contributed by atoms with Gasteiger partial charge in [-0.15, -0.1) is 11.3 Å². The minimum absolute atomic E-state index is 0.0731. The summed E-state index contributed by atoms with van der Waals surface area (Å²) in [4.78, 5) is 17.1. The van der Waals surface area contributed by atoms with E-state index in [0.29, 0.717) is 6.54 Å². The van der Waals surface area contributed by atoms with Crippen LogP contribution >= 0.6 is 23.1 Å². The van der Waals surface area contributed by atoms with Crippen molar-refractivity contribution in [3.8, 4) is 0 Å². The Labute approximate surface area is 131 Å². The summed E-state index contributed by atoms with van der Waals surface area (Å²) in [5.74, 6) is 0.822. The Balaban J connectivity index is 1.92. The maximum absolute atomic E-state index is 12.4. The lowest BCUT2D eigenvalue weighted by atomic mass is 10.2. The highest BCUT2D eigenvalue weighted by Crippen LogP contribution is 2.24. The number of aromatic nitrogens is 2. The second-order valence-corrected chi connectivity index (χ2v) is 6.71. The molecule has 21 heavy (non-hydrogen) atoms. The van der Waals surface area contributed by atoms with Crippen molar-refractivity contribution in [1.82, 2.24) is 9.55 Å². The zero-order chi connectivity index (χ0) is 14.8. The molecule has 3 nitrogen and oxygen atoms in total. The van der Waals surface area contributed by atoms with Crippen molar-refractivity contribution in [3.63, 3.8) is 0 Å². The van der Waals surface area contributed by atoms with Gasteiger partial charge in [0.25, 0.3) is 5.56 Å². The second-order valence-electron chi connectivity index (χ2n) is 4.85. The van der Waals surface area contributed by atoms with Gasteiger partial charge in [0.1, 0.15) is 4.70 Å². The van der Waals surface area contributed by atoms with E-state index in [1.54, 1.807) is 16.3 Å². The molecule has 3 aromatic rings. The van der Waals surface area contributed by atoms with Crippen LogP contribution in [0.2, 0.25) is 0 Å². The first-order chi connectivity index (χ1) is 10.2. The van der Waals surface area contributed by atoms with Gasteiger partial charge in [0.05, 0.1) is 5.52 Å². The van der Waals surface area contributed by atoms with Gasteiger partial charge in [0.15, 0.2) is 5.16 Å². The standard InChI is InChI=1S/C16H16N2OS2/c1-3-18-15(19)14-13(8-9-20-14)17-16(18)21-10-12-6-4-11(2)5-7-12/h4-9H,3,10H2,1-2H3. The second kappa shape index (κ2) is 6.03. The van der Waals surface area contributed by atoms with E-state index >= 15 is 0 Å². The van der Waals surface area contributed by atoms with E-state index in [9.17, 15) is 4.79 Å². The Morgan fingerprint density at radius 2 is 2.00 bits per heavy atom. The highest BCUT2D eigenvalue weighted by Gasteiger charge is 2.11. The first-order valence-electron chi connectivity index (χ1n) is 6.85. The molecule has 0 aliphatic carbocycles. The molecule has 0 radical (unpaired) electrons. The molecule has 108 valence electrons. The lowest BCUT2D eigenvalue weighted by Crippen LogP contribution is -2.21. The van der Waals surface area contributed by atoms with Crippen molar-refractivity contribution in [2.45, 2.75) is 31.3 Å². The number of fused-ring (bicyclic) bond motifs is 1. The highest BCUT2D eigenvalue weighted by molar-refractivity contribution is 7.98. The Morgan fingerprint density at radius 3 is 2.71 bits per heavy atom. The summed E-state index contributed by atoms with van der Waals surface area (Å²) in [6.07, 6.45) is 0. The molecule has 0 spiro atoms. The van der Waals surface area contributed by atoms with Gasteiger partial charge in [-0.1, -0.05) is 41.6 Å². The van der Waals surface area contributed by atoms with E-state index in [1.807, 2.05) is 18.4 Å². The summed E-state index contributed by atoms with van der Waals surface area (Å²) in [6, 6.07) is 10.4. The molecule has 0 saturated heterocycles. The van der Waals surface area contributed by atoms with Crippen LogP contribution in [-0.2, 0) is 12.3 Å². The van der Waals surface area contributed by atoms with Crippen LogP contribution in [0.15, 0.2) is 45.7 Å². The summed E-state index contributed by atoms with van der Waals surface area (Å²) in [5, 5.41) is 2.72. The van der Waals surface area contributed by atoms with Crippen LogP contribution in [0.1, 0.15) is 18.1 Å². The number of benzene rings is 1. The Kier molecular flexibility index (Phi) is 4.12. The van der Waals surface area contributed by atoms with Gasteiger partial charge in [-0.05, 0) is 30.9 Å². The predicted octanol–water partition coefficient (Wildman–Crippen LogP) is 4.08. The summed E-state index contributed by atoms with van der Waals surface area (Å²) in [7, 11) is 0. The maximum atomic E-state index is 12.4. The molecule has 0 unspecified atom stereocenters. The van der Waals surface area contributed by atoms with Crippen molar-refractivity contribution in [2.24, 2.45) is 0 Å². The number of aryl methyl sites for hydroxylation is 1. The van der Waals surface area contributed by atoms with Gasteiger partial charge < -0.3 is 0 Å². The number of thiophene rings is 1. The fourth-order valence-corrected chi connectivity index (χ4v) is 3.94. The van der Waals surface area contributed by atoms with E-state index < -0.39 is 0 Å². The average Bonchev–Trinajstić information content (AvgIpc) is 2.95. The molecular weight excluding hydrogens is 300 g/mol. The first kappa shape index (κ1) is 14.4. The third-order valence-electron chi connectivity index (χ3n) is 3.34. The first-order valence-corrected chi connectivity index (χ1v) is 8.72. The van der Waals surface area contributed by atoms with Crippen molar-refractivity contribution < 1.29 is 0 Å². The van der Waals surface area contributed by atoms with Crippen LogP contribution < -0.4 is 5.56 Å². The van der Waals surface area contributed by atoms with Crippen molar-refractivity contribution in [3.05, 3.63) is 57.2 Å². The third kappa shape index (κ3) is 2.89. The molecule has 0 atom stereocenters. The van der Waals surface area contributed by atoms with Crippen molar-refractivity contribution in [2.75, 3.05) is 0 Å². The van der Waals surface area contributed by atoms with Crippen LogP contribution in [0.25, 0.3) is 10.2 Å². The summed E-state index contributed by atoms with van der Waals surface area (Å²) in [6.45, 7) is 4.71. The lowest BCUT2D eigenvalue weighted by molar-refractivity contribution is 0.635. The fraction of sp³-hybridized carbons (Fsp3) is 0.250. The van der Waals surface area contributed by atoms with E-state index in [1.165, 1.54) is 22.5 Å². The number of thioether (sulfide) groups is 1. The Bertz CT molecular complexity index is 818. The molecule has 0 aliphatic rings. The Morgan fingerprint density at radius 1 is 1.24 bits per heavy atom. The average molecular weight is 316 g/mol. The molecule has 0 aliphatic heterocycles. The van der Waals surface area contributed by atoms with E-state index in [-0.39, 0.29) is 5.56 Å². The minimum atomic E-state index is 0.0731. The summed E-state index contributed by atoms with van der Waals surface area (Å²) >= 11 is 3.08. The zero-order valence-corrected chi connectivity index (χ0v) is 13.6. The molecule has 2 aromatic heterocycles. The molecule has 0 saturated carbocycles. The van der Waals surface area contributed by atoms with Gasteiger partial charge in [-0.25, -0.2) is 4.98 Å². The van der Waals surface area contributed by atoms with E-state index in [4.69, 9.17) is 0 Å². The fourth-order valence-electron chi connectivity index (χ4n) is 2.14. The maximum Gasteiger partial charge on any atom is 0.272 e.